The minimum atomic E-state index is 0.602. The summed E-state index contributed by atoms with van der Waals surface area (Å²) in [4.78, 5) is 0. The summed E-state index contributed by atoms with van der Waals surface area (Å²) in [7, 11) is 3.75. The molecule has 0 unspecified atom stereocenters. The predicted molar refractivity (Wildman–Crippen MR) is 77.0 cm³/mol. The standard InChI is InChI=1S/C13H28.C2H7N/c1-5-7-9-11-13(3,4)12-10-8-6-2;1-3-2/h5-12H2,1-4H3;3H,1-2H3. The third-order valence-electron chi connectivity index (χ3n) is 2.91. The Kier molecular flexibility index (Phi) is 14.9. The van der Waals surface area contributed by atoms with Crippen molar-refractivity contribution in [3.8, 4) is 0 Å². The zero-order chi connectivity index (χ0) is 12.9. The van der Waals surface area contributed by atoms with Gasteiger partial charge in [-0.15, -0.1) is 0 Å². The summed E-state index contributed by atoms with van der Waals surface area (Å²) in [5, 5.41) is 2.75. The lowest BCUT2D eigenvalue weighted by molar-refractivity contribution is 0.284. The van der Waals surface area contributed by atoms with Crippen molar-refractivity contribution >= 4 is 0 Å². The van der Waals surface area contributed by atoms with Crippen LogP contribution in [0.5, 0.6) is 0 Å². The van der Waals surface area contributed by atoms with Gasteiger partial charge in [-0.25, -0.2) is 0 Å². The molecule has 0 aliphatic heterocycles. The van der Waals surface area contributed by atoms with E-state index in [2.05, 4.69) is 33.0 Å². The Balaban J connectivity index is 0. The van der Waals surface area contributed by atoms with E-state index in [-0.39, 0.29) is 0 Å². The molecule has 0 saturated carbocycles. The number of nitrogens with one attached hydrogen (secondary N) is 1. The highest BCUT2D eigenvalue weighted by Gasteiger charge is 2.15. The van der Waals surface area contributed by atoms with Gasteiger partial charge < -0.3 is 5.32 Å². The van der Waals surface area contributed by atoms with Crippen molar-refractivity contribution in [3.05, 3.63) is 0 Å². The summed E-state index contributed by atoms with van der Waals surface area (Å²) in [6.45, 7) is 9.42. The van der Waals surface area contributed by atoms with Crippen LogP contribution >= 0.6 is 0 Å². The first-order chi connectivity index (χ1) is 7.54. The molecule has 0 aromatic carbocycles. The van der Waals surface area contributed by atoms with Crippen molar-refractivity contribution in [2.24, 2.45) is 5.41 Å². The third kappa shape index (κ3) is 16.4. The summed E-state index contributed by atoms with van der Waals surface area (Å²) in [6, 6.07) is 0. The zero-order valence-electron chi connectivity index (χ0n) is 12.7. The van der Waals surface area contributed by atoms with E-state index in [0.717, 1.165) is 0 Å². The second-order valence-corrected chi connectivity index (χ2v) is 5.58. The highest BCUT2D eigenvalue weighted by atomic mass is 14.7. The van der Waals surface area contributed by atoms with E-state index in [0.29, 0.717) is 5.41 Å². The van der Waals surface area contributed by atoms with Crippen molar-refractivity contribution in [3.63, 3.8) is 0 Å². The normalized spacial score (nSPS) is 10.9. The van der Waals surface area contributed by atoms with Crippen LogP contribution in [-0.2, 0) is 0 Å². The average molecular weight is 229 g/mol. The molecule has 0 radical (unpaired) electrons. The fraction of sp³-hybridized carbons (Fsp3) is 1.00. The quantitative estimate of drug-likeness (QED) is 0.577. The Hall–Kier alpha value is -0.0400. The Bertz CT molecular complexity index is 107. The largest absolute Gasteiger partial charge is 0.323 e. The second-order valence-electron chi connectivity index (χ2n) is 5.58. The Morgan fingerprint density at radius 3 is 1.31 bits per heavy atom. The molecule has 0 aromatic rings. The summed E-state index contributed by atoms with van der Waals surface area (Å²) < 4.78 is 0. The van der Waals surface area contributed by atoms with Crippen LogP contribution in [0.1, 0.15) is 79.1 Å². The molecule has 0 fully saturated rings. The average Bonchev–Trinajstić information content (AvgIpc) is 2.19. The summed E-state index contributed by atoms with van der Waals surface area (Å²) >= 11 is 0. The number of rotatable bonds is 8. The molecule has 100 valence electrons. The van der Waals surface area contributed by atoms with Crippen LogP contribution in [-0.4, -0.2) is 14.1 Å². The molecular weight excluding hydrogens is 194 g/mol. The topological polar surface area (TPSA) is 12.0 Å². The second kappa shape index (κ2) is 13.0. The highest BCUT2D eigenvalue weighted by molar-refractivity contribution is 4.68. The minimum Gasteiger partial charge on any atom is -0.323 e. The van der Waals surface area contributed by atoms with Gasteiger partial charge in [0.05, 0.1) is 0 Å². The molecule has 1 N–H and O–H groups in total. The molecule has 0 saturated heterocycles. The Morgan fingerprint density at radius 2 is 1.06 bits per heavy atom. The number of hydrogen-bond donors (Lipinski definition) is 1. The van der Waals surface area contributed by atoms with Gasteiger partial charge in [0.15, 0.2) is 0 Å². The lowest BCUT2D eigenvalue weighted by Gasteiger charge is -2.24. The van der Waals surface area contributed by atoms with Crippen LogP contribution in [0.2, 0.25) is 0 Å². The first-order valence-corrected chi connectivity index (χ1v) is 7.12. The van der Waals surface area contributed by atoms with Gasteiger partial charge in [0, 0.05) is 0 Å². The van der Waals surface area contributed by atoms with Crippen LogP contribution in [0.4, 0.5) is 0 Å². The van der Waals surface area contributed by atoms with Gasteiger partial charge in [-0.05, 0) is 32.4 Å². The Morgan fingerprint density at radius 1 is 0.750 bits per heavy atom. The first-order valence-electron chi connectivity index (χ1n) is 7.12. The minimum absolute atomic E-state index is 0.602. The van der Waals surface area contributed by atoms with Crippen LogP contribution in [0.3, 0.4) is 0 Å². The molecule has 0 atom stereocenters. The lowest BCUT2D eigenvalue weighted by Crippen LogP contribution is -2.10. The zero-order valence-corrected chi connectivity index (χ0v) is 12.7. The maximum Gasteiger partial charge on any atom is -0.0167 e. The van der Waals surface area contributed by atoms with E-state index in [4.69, 9.17) is 0 Å². The van der Waals surface area contributed by atoms with E-state index in [1.54, 1.807) is 0 Å². The van der Waals surface area contributed by atoms with Crippen LogP contribution in [0, 0.1) is 5.41 Å². The summed E-state index contributed by atoms with van der Waals surface area (Å²) in [5.74, 6) is 0. The summed E-state index contributed by atoms with van der Waals surface area (Å²) in [6.07, 6.45) is 11.2. The van der Waals surface area contributed by atoms with E-state index < -0.39 is 0 Å². The van der Waals surface area contributed by atoms with Gasteiger partial charge in [-0.1, -0.05) is 66.2 Å². The van der Waals surface area contributed by atoms with E-state index in [1.165, 1.54) is 51.4 Å². The molecule has 0 aliphatic rings. The SMILES string of the molecule is CCCCCC(C)(C)CCCCC.CNC. The third-order valence-corrected chi connectivity index (χ3v) is 2.91. The van der Waals surface area contributed by atoms with Crippen LogP contribution < -0.4 is 5.32 Å². The van der Waals surface area contributed by atoms with Crippen LogP contribution in [0.15, 0.2) is 0 Å². The van der Waals surface area contributed by atoms with Crippen molar-refractivity contribution in [2.45, 2.75) is 79.1 Å². The number of hydrogen-bond acceptors (Lipinski definition) is 1. The van der Waals surface area contributed by atoms with Crippen molar-refractivity contribution in [2.75, 3.05) is 14.1 Å². The van der Waals surface area contributed by atoms with E-state index >= 15 is 0 Å². The van der Waals surface area contributed by atoms with Crippen molar-refractivity contribution in [1.29, 1.82) is 0 Å². The van der Waals surface area contributed by atoms with Crippen molar-refractivity contribution in [1.82, 2.24) is 5.32 Å². The van der Waals surface area contributed by atoms with E-state index in [9.17, 15) is 0 Å². The van der Waals surface area contributed by atoms with Gasteiger partial charge in [0.2, 0.25) is 0 Å². The monoisotopic (exact) mass is 229 g/mol. The smallest absolute Gasteiger partial charge is 0.0167 e. The van der Waals surface area contributed by atoms with Crippen molar-refractivity contribution < 1.29 is 0 Å². The molecule has 16 heavy (non-hydrogen) atoms. The van der Waals surface area contributed by atoms with Gasteiger partial charge in [0.25, 0.3) is 0 Å². The Labute approximate surface area is 104 Å². The fourth-order valence-corrected chi connectivity index (χ4v) is 1.83. The molecular formula is C15H35N. The molecule has 0 aliphatic carbocycles. The number of unbranched alkanes of at least 4 members (excludes halogenated alkanes) is 4. The molecule has 0 spiro atoms. The molecule has 1 nitrogen and oxygen atoms in total. The molecule has 0 heterocycles. The molecule has 1 heteroatoms. The maximum atomic E-state index is 2.75. The summed E-state index contributed by atoms with van der Waals surface area (Å²) in [5.41, 5.74) is 0.602. The lowest BCUT2D eigenvalue weighted by atomic mass is 9.82. The molecule has 0 bridgehead atoms. The molecule has 0 amide bonds. The molecule has 0 rings (SSSR count). The predicted octanol–water partition coefficient (Wildman–Crippen LogP) is 5.01. The molecule has 0 aromatic heterocycles. The fourth-order valence-electron chi connectivity index (χ4n) is 1.83. The highest BCUT2D eigenvalue weighted by Crippen LogP contribution is 2.29. The van der Waals surface area contributed by atoms with Gasteiger partial charge in [-0.3, -0.25) is 0 Å². The van der Waals surface area contributed by atoms with Gasteiger partial charge in [0.1, 0.15) is 0 Å². The maximum absolute atomic E-state index is 2.75. The first kappa shape index (κ1) is 18.3. The van der Waals surface area contributed by atoms with Crippen LogP contribution in [0.25, 0.3) is 0 Å². The van der Waals surface area contributed by atoms with Gasteiger partial charge >= 0.3 is 0 Å². The van der Waals surface area contributed by atoms with E-state index in [1.807, 2.05) is 14.1 Å². The van der Waals surface area contributed by atoms with Gasteiger partial charge in [-0.2, -0.15) is 0 Å².